The third-order valence-electron chi connectivity index (χ3n) is 4.92. The Hall–Kier alpha value is -3.42. The Morgan fingerprint density at radius 3 is 1.50 bits per heavy atom. The Morgan fingerprint density at radius 2 is 1.11 bits per heavy atom. The number of hydrogen-bond donors (Lipinski definition) is 6. The number of nitrogens with one attached hydrogen (secondary N) is 2. The van der Waals surface area contributed by atoms with Gasteiger partial charge in [-0.05, 0) is 37.1 Å². The van der Waals surface area contributed by atoms with Gasteiger partial charge in [-0.3, -0.25) is 9.59 Å². The summed E-state index contributed by atoms with van der Waals surface area (Å²) in [5, 5.41) is 44.5. The summed E-state index contributed by atoms with van der Waals surface area (Å²) >= 11 is 0. The normalized spacial score (nSPS) is 19.0. The SMILES string of the molecule is O=C(NC1CCCCC1NC(=O)c1cccc(O)c1O)c1cccc(O)c1O. The molecule has 1 saturated carbocycles. The highest BCUT2D eigenvalue weighted by atomic mass is 16.3. The molecule has 1 fully saturated rings. The molecule has 0 bridgehead atoms. The Labute approximate surface area is 161 Å². The molecule has 2 atom stereocenters. The second kappa shape index (κ2) is 8.08. The average Bonchev–Trinajstić information content (AvgIpc) is 2.67. The minimum Gasteiger partial charge on any atom is -0.504 e. The van der Waals surface area contributed by atoms with E-state index >= 15 is 0 Å². The van der Waals surface area contributed by atoms with Gasteiger partial charge in [0.1, 0.15) is 0 Å². The molecule has 0 heterocycles. The number of amides is 2. The lowest BCUT2D eigenvalue weighted by Crippen LogP contribution is -2.53. The van der Waals surface area contributed by atoms with Crippen LogP contribution in [0.3, 0.4) is 0 Å². The summed E-state index contributed by atoms with van der Waals surface area (Å²) < 4.78 is 0. The highest BCUT2D eigenvalue weighted by molar-refractivity contribution is 5.99. The van der Waals surface area contributed by atoms with E-state index in [1.165, 1.54) is 36.4 Å². The molecule has 2 unspecified atom stereocenters. The number of phenolic OH excluding ortho intramolecular Hbond substituents is 4. The van der Waals surface area contributed by atoms with E-state index in [0.29, 0.717) is 12.8 Å². The van der Waals surface area contributed by atoms with E-state index in [2.05, 4.69) is 10.6 Å². The fourth-order valence-corrected chi connectivity index (χ4v) is 3.40. The van der Waals surface area contributed by atoms with Gasteiger partial charge < -0.3 is 31.1 Å². The Bertz CT molecular complexity index is 825. The van der Waals surface area contributed by atoms with Crippen LogP contribution >= 0.6 is 0 Å². The monoisotopic (exact) mass is 386 g/mol. The molecule has 6 N–H and O–H groups in total. The van der Waals surface area contributed by atoms with Gasteiger partial charge in [-0.25, -0.2) is 0 Å². The summed E-state index contributed by atoms with van der Waals surface area (Å²) in [4.78, 5) is 25.0. The van der Waals surface area contributed by atoms with Crippen LogP contribution in [0.25, 0.3) is 0 Å². The molecule has 0 aromatic heterocycles. The highest BCUT2D eigenvalue weighted by Gasteiger charge is 2.30. The lowest BCUT2D eigenvalue weighted by Gasteiger charge is -2.33. The van der Waals surface area contributed by atoms with Crippen molar-refractivity contribution >= 4 is 11.8 Å². The van der Waals surface area contributed by atoms with Crippen LogP contribution in [0.15, 0.2) is 36.4 Å². The Morgan fingerprint density at radius 1 is 0.714 bits per heavy atom. The van der Waals surface area contributed by atoms with Crippen molar-refractivity contribution in [1.29, 1.82) is 0 Å². The molecule has 3 rings (SSSR count). The number of benzene rings is 2. The summed E-state index contributed by atoms with van der Waals surface area (Å²) in [6.45, 7) is 0. The molecule has 2 aromatic carbocycles. The average molecular weight is 386 g/mol. The van der Waals surface area contributed by atoms with Crippen LogP contribution in [0.4, 0.5) is 0 Å². The van der Waals surface area contributed by atoms with Gasteiger partial charge in [-0.15, -0.1) is 0 Å². The van der Waals surface area contributed by atoms with Gasteiger partial charge in [0.05, 0.1) is 11.1 Å². The van der Waals surface area contributed by atoms with Crippen molar-refractivity contribution in [3.05, 3.63) is 47.5 Å². The van der Waals surface area contributed by atoms with Crippen LogP contribution in [-0.4, -0.2) is 44.3 Å². The van der Waals surface area contributed by atoms with E-state index in [1.807, 2.05) is 0 Å². The zero-order chi connectivity index (χ0) is 20.3. The van der Waals surface area contributed by atoms with Gasteiger partial charge in [0.25, 0.3) is 11.8 Å². The molecule has 2 aromatic rings. The molecule has 8 nitrogen and oxygen atoms in total. The maximum atomic E-state index is 12.5. The Kier molecular flexibility index (Phi) is 5.58. The first-order valence-corrected chi connectivity index (χ1v) is 9.02. The first-order chi connectivity index (χ1) is 13.4. The molecule has 148 valence electrons. The molecule has 8 heteroatoms. The quantitative estimate of drug-likeness (QED) is 0.444. The predicted octanol–water partition coefficient (Wildman–Crippen LogP) is 1.98. The molecule has 28 heavy (non-hydrogen) atoms. The number of para-hydroxylation sites is 2. The fourth-order valence-electron chi connectivity index (χ4n) is 3.40. The molecule has 0 aliphatic heterocycles. The summed E-state index contributed by atoms with van der Waals surface area (Å²) in [5.41, 5.74) is -0.109. The van der Waals surface area contributed by atoms with Gasteiger partial charge in [0.2, 0.25) is 0 Å². The lowest BCUT2D eigenvalue weighted by atomic mass is 9.89. The standard InChI is InChI=1S/C20H22N2O6/c23-15-9-3-5-11(17(15)25)19(27)21-13-7-1-2-8-14(13)22-20(28)12-6-4-10-16(24)18(12)26/h3-6,9-10,13-14,23-26H,1-2,7-8H2,(H,21,27)(H,22,28). The van der Waals surface area contributed by atoms with Gasteiger partial charge in [-0.2, -0.15) is 0 Å². The summed E-state index contributed by atoms with van der Waals surface area (Å²) in [7, 11) is 0. The van der Waals surface area contributed by atoms with Crippen LogP contribution in [0.1, 0.15) is 46.4 Å². The second-order valence-electron chi connectivity index (χ2n) is 6.79. The summed E-state index contributed by atoms with van der Waals surface area (Å²) in [5.74, 6) is -2.89. The molecule has 1 aliphatic rings. The maximum Gasteiger partial charge on any atom is 0.255 e. The molecular weight excluding hydrogens is 364 g/mol. The van der Waals surface area contributed by atoms with Crippen molar-refractivity contribution in [2.75, 3.05) is 0 Å². The number of rotatable bonds is 4. The Balaban J connectivity index is 1.73. The molecule has 0 saturated heterocycles. The zero-order valence-electron chi connectivity index (χ0n) is 15.1. The zero-order valence-corrected chi connectivity index (χ0v) is 15.1. The van der Waals surface area contributed by atoms with Crippen molar-refractivity contribution in [2.45, 2.75) is 37.8 Å². The topological polar surface area (TPSA) is 139 Å². The number of phenols is 4. The van der Waals surface area contributed by atoms with Crippen molar-refractivity contribution < 1.29 is 30.0 Å². The summed E-state index contributed by atoms with van der Waals surface area (Å²) in [6, 6.07) is 7.48. The largest absolute Gasteiger partial charge is 0.504 e. The van der Waals surface area contributed by atoms with Crippen molar-refractivity contribution in [3.8, 4) is 23.0 Å². The smallest absolute Gasteiger partial charge is 0.255 e. The molecule has 1 aliphatic carbocycles. The van der Waals surface area contributed by atoms with E-state index < -0.39 is 23.3 Å². The van der Waals surface area contributed by atoms with Crippen molar-refractivity contribution in [3.63, 3.8) is 0 Å². The predicted molar refractivity (Wildman–Crippen MR) is 101 cm³/mol. The van der Waals surface area contributed by atoms with E-state index in [0.717, 1.165) is 12.8 Å². The fraction of sp³-hybridized carbons (Fsp3) is 0.300. The van der Waals surface area contributed by atoms with Crippen LogP contribution in [0, 0.1) is 0 Å². The van der Waals surface area contributed by atoms with Gasteiger partial charge in [0.15, 0.2) is 23.0 Å². The van der Waals surface area contributed by atoms with Gasteiger partial charge >= 0.3 is 0 Å². The lowest BCUT2D eigenvalue weighted by molar-refractivity contribution is 0.0859. The molecule has 2 amide bonds. The molecule has 0 radical (unpaired) electrons. The molecule has 0 spiro atoms. The van der Waals surface area contributed by atoms with E-state index in [-0.39, 0.29) is 34.7 Å². The maximum absolute atomic E-state index is 12.5. The van der Waals surface area contributed by atoms with E-state index in [9.17, 15) is 30.0 Å². The third-order valence-corrected chi connectivity index (χ3v) is 4.92. The van der Waals surface area contributed by atoms with Gasteiger partial charge in [0, 0.05) is 12.1 Å². The van der Waals surface area contributed by atoms with E-state index in [4.69, 9.17) is 0 Å². The van der Waals surface area contributed by atoms with Crippen LogP contribution in [0.2, 0.25) is 0 Å². The number of carbonyl (C=O) groups excluding carboxylic acids is 2. The number of hydrogen-bond acceptors (Lipinski definition) is 6. The molecular formula is C20H22N2O6. The number of aromatic hydroxyl groups is 4. The highest BCUT2D eigenvalue weighted by Crippen LogP contribution is 2.30. The van der Waals surface area contributed by atoms with Crippen LogP contribution < -0.4 is 10.6 Å². The summed E-state index contributed by atoms with van der Waals surface area (Å²) in [6.07, 6.45) is 2.98. The van der Waals surface area contributed by atoms with Crippen molar-refractivity contribution in [2.24, 2.45) is 0 Å². The third kappa shape index (κ3) is 3.95. The minimum absolute atomic E-state index is 0.0544. The second-order valence-corrected chi connectivity index (χ2v) is 6.79. The van der Waals surface area contributed by atoms with Crippen LogP contribution in [0.5, 0.6) is 23.0 Å². The minimum atomic E-state index is -0.556. The number of carbonyl (C=O) groups is 2. The van der Waals surface area contributed by atoms with E-state index in [1.54, 1.807) is 0 Å². The van der Waals surface area contributed by atoms with Crippen molar-refractivity contribution in [1.82, 2.24) is 10.6 Å². The first-order valence-electron chi connectivity index (χ1n) is 9.02. The van der Waals surface area contributed by atoms with Crippen LogP contribution in [-0.2, 0) is 0 Å². The first kappa shape index (κ1) is 19.3. The van der Waals surface area contributed by atoms with Gasteiger partial charge in [-0.1, -0.05) is 25.0 Å².